The highest BCUT2D eigenvalue weighted by molar-refractivity contribution is 5.75. The summed E-state index contributed by atoms with van der Waals surface area (Å²) in [4.78, 5) is 26.5. The molecule has 0 bridgehead atoms. The van der Waals surface area contributed by atoms with E-state index in [2.05, 4.69) is 6.92 Å². The average molecular weight is 256 g/mol. The number of nitrogens with zero attached hydrogens (tertiary/aromatic N) is 2. The topological polar surface area (TPSA) is 60.9 Å². The van der Waals surface area contributed by atoms with Gasteiger partial charge in [0, 0.05) is 32.6 Å². The van der Waals surface area contributed by atoms with Gasteiger partial charge in [-0.1, -0.05) is 13.3 Å². The minimum Gasteiger partial charge on any atom is -0.481 e. The monoisotopic (exact) mass is 256 g/mol. The summed E-state index contributed by atoms with van der Waals surface area (Å²) in [6, 6.07) is 0.0684. The maximum absolute atomic E-state index is 12.2. The van der Waals surface area contributed by atoms with Gasteiger partial charge in [-0.2, -0.15) is 0 Å². The van der Waals surface area contributed by atoms with Gasteiger partial charge in [0.15, 0.2) is 0 Å². The number of carboxylic acid groups (broad SMARTS) is 1. The van der Waals surface area contributed by atoms with E-state index in [4.69, 9.17) is 5.11 Å². The van der Waals surface area contributed by atoms with Crippen molar-refractivity contribution in [1.82, 2.24) is 9.80 Å². The average Bonchev–Trinajstić information content (AvgIpc) is 2.77. The first-order valence-corrected chi connectivity index (χ1v) is 6.84. The molecular formula is C13H24N2O3. The molecule has 0 aromatic rings. The van der Waals surface area contributed by atoms with Gasteiger partial charge in [-0.3, -0.25) is 4.79 Å². The third-order valence-electron chi connectivity index (χ3n) is 3.45. The van der Waals surface area contributed by atoms with Crippen molar-refractivity contribution in [3.8, 4) is 0 Å². The van der Waals surface area contributed by atoms with Crippen LogP contribution in [-0.2, 0) is 4.79 Å². The van der Waals surface area contributed by atoms with E-state index in [1.54, 1.807) is 4.90 Å². The van der Waals surface area contributed by atoms with E-state index >= 15 is 0 Å². The zero-order valence-electron chi connectivity index (χ0n) is 11.4. The number of aliphatic carboxylic acids is 1. The lowest BCUT2D eigenvalue weighted by Crippen LogP contribution is -2.42. The molecule has 1 saturated heterocycles. The summed E-state index contributed by atoms with van der Waals surface area (Å²) in [7, 11) is 0. The Labute approximate surface area is 109 Å². The van der Waals surface area contributed by atoms with Gasteiger partial charge in [0.25, 0.3) is 0 Å². The second-order valence-corrected chi connectivity index (χ2v) is 4.91. The molecule has 1 unspecified atom stereocenters. The Kier molecular flexibility index (Phi) is 5.95. The second-order valence-electron chi connectivity index (χ2n) is 4.91. The number of urea groups is 1. The van der Waals surface area contributed by atoms with Gasteiger partial charge < -0.3 is 14.9 Å². The molecule has 2 amide bonds. The van der Waals surface area contributed by atoms with Crippen LogP contribution in [0.2, 0.25) is 0 Å². The Balaban J connectivity index is 2.44. The van der Waals surface area contributed by atoms with E-state index in [1.165, 1.54) is 0 Å². The molecule has 1 N–H and O–H groups in total. The second kappa shape index (κ2) is 7.24. The number of unbranched alkanes of at least 4 members (excludes halogenated alkanes) is 1. The number of likely N-dealkylation sites (tertiary alicyclic amines) is 1. The minimum atomic E-state index is -0.771. The Morgan fingerprint density at radius 3 is 2.67 bits per heavy atom. The van der Waals surface area contributed by atoms with Crippen molar-refractivity contribution >= 4 is 12.0 Å². The van der Waals surface area contributed by atoms with Gasteiger partial charge in [0.1, 0.15) is 0 Å². The van der Waals surface area contributed by atoms with Crippen molar-refractivity contribution in [3.05, 3.63) is 0 Å². The standard InChI is InChI=1S/C13H24N2O3/c1-3-5-7-14(4-2)13(18)15-8-6-11(10-15)9-12(16)17/h11H,3-10H2,1-2H3,(H,16,17). The molecule has 0 radical (unpaired) electrons. The van der Waals surface area contributed by atoms with Crippen LogP contribution in [-0.4, -0.2) is 53.1 Å². The molecule has 1 aliphatic rings. The van der Waals surface area contributed by atoms with Crippen molar-refractivity contribution in [1.29, 1.82) is 0 Å². The van der Waals surface area contributed by atoms with Crippen LogP contribution in [0.5, 0.6) is 0 Å². The normalized spacial score (nSPS) is 19.0. The molecule has 18 heavy (non-hydrogen) atoms. The van der Waals surface area contributed by atoms with E-state index in [1.807, 2.05) is 11.8 Å². The third-order valence-corrected chi connectivity index (χ3v) is 3.45. The molecule has 0 aromatic carbocycles. The van der Waals surface area contributed by atoms with Crippen molar-refractivity contribution in [2.45, 2.75) is 39.5 Å². The summed E-state index contributed by atoms with van der Waals surface area (Å²) >= 11 is 0. The van der Waals surface area contributed by atoms with Crippen LogP contribution in [0.3, 0.4) is 0 Å². The van der Waals surface area contributed by atoms with Crippen LogP contribution in [0.25, 0.3) is 0 Å². The maximum atomic E-state index is 12.2. The molecule has 1 aliphatic heterocycles. The first-order valence-electron chi connectivity index (χ1n) is 6.84. The van der Waals surface area contributed by atoms with Gasteiger partial charge in [-0.05, 0) is 25.7 Å². The smallest absolute Gasteiger partial charge is 0.319 e. The highest BCUT2D eigenvalue weighted by atomic mass is 16.4. The minimum absolute atomic E-state index is 0.0684. The number of carbonyl (C=O) groups excluding carboxylic acids is 1. The van der Waals surface area contributed by atoms with E-state index in [0.29, 0.717) is 13.1 Å². The van der Waals surface area contributed by atoms with Crippen LogP contribution >= 0.6 is 0 Å². The van der Waals surface area contributed by atoms with Crippen molar-refractivity contribution < 1.29 is 14.7 Å². The SMILES string of the molecule is CCCCN(CC)C(=O)N1CCC(CC(=O)O)C1. The zero-order valence-corrected chi connectivity index (χ0v) is 11.4. The number of hydrogen-bond donors (Lipinski definition) is 1. The Hall–Kier alpha value is -1.26. The van der Waals surface area contributed by atoms with Crippen LogP contribution in [0, 0.1) is 5.92 Å². The summed E-state index contributed by atoms with van der Waals surface area (Å²) in [6.07, 6.45) is 3.08. The highest BCUT2D eigenvalue weighted by Crippen LogP contribution is 2.20. The Morgan fingerprint density at radius 2 is 2.11 bits per heavy atom. The lowest BCUT2D eigenvalue weighted by Gasteiger charge is -2.27. The number of amides is 2. The molecule has 5 heteroatoms. The molecule has 1 rings (SSSR count). The largest absolute Gasteiger partial charge is 0.481 e. The number of rotatable bonds is 6. The summed E-state index contributed by atoms with van der Waals surface area (Å²) in [5.74, 6) is -0.649. The molecule has 0 aliphatic carbocycles. The molecule has 1 fully saturated rings. The van der Waals surface area contributed by atoms with Crippen LogP contribution in [0.15, 0.2) is 0 Å². The molecule has 0 saturated carbocycles. The van der Waals surface area contributed by atoms with Crippen LogP contribution in [0.1, 0.15) is 39.5 Å². The number of carboxylic acids is 1. The van der Waals surface area contributed by atoms with Crippen molar-refractivity contribution in [2.24, 2.45) is 5.92 Å². The summed E-state index contributed by atoms with van der Waals surface area (Å²) < 4.78 is 0. The number of carbonyl (C=O) groups is 2. The molecule has 104 valence electrons. The Morgan fingerprint density at radius 1 is 1.39 bits per heavy atom. The fourth-order valence-electron chi connectivity index (χ4n) is 2.36. The number of hydrogen-bond acceptors (Lipinski definition) is 2. The predicted molar refractivity (Wildman–Crippen MR) is 69.5 cm³/mol. The van der Waals surface area contributed by atoms with Gasteiger partial charge in [0.05, 0.1) is 0 Å². The molecule has 0 spiro atoms. The quantitative estimate of drug-likeness (QED) is 0.791. The zero-order chi connectivity index (χ0) is 13.5. The molecule has 5 nitrogen and oxygen atoms in total. The molecule has 0 aromatic heterocycles. The summed E-state index contributed by atoms with van der Waals surface area (Å²) in [5, 5.41) is 8.76. The van der Waals surface area contributed by atoms with Gasteiger partial charge in [0.2, 0.25) is 0 Å². The van der Waals surface area contributed by atoms with E-state index in [-0.39, 0.29) is 18.4 Å². The van der Waals surface area contributed by atoms with Crippen molar-refractivity contribution in [3.63, 3.8) is 0 Å². The van der Waals surface area contributed by atoms with Crippen LogP contribution in [0.4, 0.5) is 4.79 Å². The van der Waals surface area contributed by atoms with E-state index < -0.39 is 5.97 Å². The molecule has 1 heterocycles. The first kappa shape index (κ1) is 14.8. The highest BCUT2D eigenvalue weighted by Gasteiger charge is 2.29. The lowest BCUT2D eigenvalue weighted by molar-refractivity contribution is -0.138. The maximum Gasteiger partial charge on any atom is 0.319 e. The van der Waals surface area contributed by atoms with Crippen molar-refractivity contribution in [2.75, 3.05) is 26.2 Å². The lowest BCUT2D eigenvalue weighted by atomic mass is 10.1. The van der Waals surface area contributed by atoms with Crippen LogP contribution < -0.4 is 0 Å². The van der Waals surface area contributed by atoms with E-state index in [9.17, 15) is 9.59 Å². The fourth-order valence-corrected chi connectivity index (χ4v) is 2.36. The van der Waals surface area contributed by atoms with Gasteiger partial charge in [-0.25, -0.2) is 4.79 Å². The van der Waals surface area contributed by atoms with Gasteiger partial charge in [-0.15, -0.1) is 0 Å². The van der Waals surface area contributed by atoms with Gasteiger partial charge >= 0.3 is 12.0 Å². The Bertz CT molecular complexity index is 294. The molecule has 1 atom stereocenters. The third kappa shape index (κ3) is 4.20. The predicted octanol–water partition coefficient (Wildman–Crippen LogP) is 2.03. The first-order chi connectivity index (χ1) is 8.58. The van der Waals surface area contributed by atoms with E-state index in [0.717, 1.165) is 32.4 Å². The summed E-state index contributed by atoms with van der Waals surface area (Å²) in [6.45, 7) is 6.90. The fraction of sp³-hybridized carbons (Fsp3) is 0.846. The summed E-state index contributed by atoms with van der Waals surface area (Å²) in [5.41, 5.74) is 0. The molecular weight excluding hydrogens is 232 g/mol.